The van der Waals surface area contributed by atoms with Crippen LogP contribution >= 0.6 is 22.6 Å². The lowest BCUT2D eigenvalue weighted by Crippen LogP contribution is -2.12. The van der Waals surface area contributed by atoms with Gasteiger partial charge < -0.3 is 10.2 Å². The van der Waals surface area contributed by atoms with Crippen LogP contribution in [0.3, 0.4) is 0 Å². The third-order valence-corrected chi connectivity index (χ3v) is 3.13. The molecule has 0 unspecified atom stereocenters. The first-order chi connectivity index (χ1) is 8.69. The molecule has 18 heavy (non-hydrogen) atoms. The van der Waals surface area contributed by atoms with E-state index in [1.54, 1.807) is 6.07 Å². The molecule has 1 aromatic heterocycles. The van der Waals surface area contributed by atoms with Crippen molar-refractivity contribution < 1.29 is 4.74 Å². The average Bonchev–Trinajstić information content (AvgIpc) is 2.37. The van der Waals surface area contributed by atoms with Gasteiger partial charge >= 0.3 is 0 Å². The van der Waals surface area contributed by atoms with Crippen LogP contribution < -0.4 is 16.0 Å². The van der Waals surface area contributed by atoms with E-state index in [-0.39, 0.29) is 0 Å². The fourth-order valence-electron chi connectivity index (χ4n) is 1.47. The second-order valence-electron chi connectivity index (χ2n) is 3.67. The van der Waals surface area contributed by atoms with Gasteiger partial charge in [-0.25, -0.2) is 15.8 Å². The van der Waals surface area contributed by atoms with Crippen molar-refractivity contribution in [1.29, 1.82) is 0 Å². The molecule has 2 aromatic rings. The fourth-order valence-corrected chi connectivity index (χ4v) is 2.02. The number of benzene rings is 1. The van der Waals surface area contributed by atoms with Gasteiger partial charge in [0.25, 0.3) is 0 Å². The Balaban J connectivity index is 2.11. The highest BCUT2D eigenvalue weighted by Crippen LogP contribution is 2.20. The largest absolute Gasteiger partial charge is 0.485 e. The highest BCUT2D eigenvalue weighted by molar-refractivity contribution is 14.1. The molecule has 1 heterocycles. The highest BCUT2D eigenvalue weighted by Gasteiger charge is 2.04. The first-order valence-corrected chi connectivity index (χ1v) is 6.45. The number of rotatable bonds is 4. The zero-order valence-electron chi connectivity index (χ0n) is 9.85. The molecule has 0 atom stereocenters. The summed E-state index contributed by atoms with van der Waals surface area (Å²) in [6.07, 6.45) is 0. The minimum absolute atomic E-state index is 0.316. The van der Waals surface area contributed by atoms with Gasteiger partial charge in [-0.15, -0.1) is 0 Å². The molecule has 0 aliphatic rings. The first kappa shape index (κ1) is 13.0. The molecule has 0 spiro atoms. The van der Waals surface area contributed by atoms with Crippen LogP contribution in [0, 0.1) is 10.5 Å². The maximum absolute atomic E-state index is 5.68. The normalized spacial score (nSPS) is 10.2. The molecule has 3 N–H and O–H groups in total. The SMILES string of the molecule is Cc1cc(NN)nc(COc2ccccc2I)n1. The quantitative estimate of drug-likeness (QED) is 0.500. The van der Waals surface area contributed by atoms with Crippen LogP contribution in [0.2, 0.25) is 0 Å². The summed E-state index contributed by atoms with van der Waals surface area (Å²) in [7, 11) is 0. The van der Waals surface area contributed by atoms with Crippen LogP contribution in [0.25, 0.3) is 0 Å². The van der Waals surface area contributed by atoms with Crippen molar-refractivity contribution in [1.82, 2.24) is 9.97 Å². The van der Waals surface area contributed by atoms with Crippen LogP contribution in [-0.2, 0) is 6.61 Å². The van der Waals surface area contributed by atoms with Gasteiger partial charge in [-0.05, 0) is 41.6 Å². The molecule has 5 nitrogen and oxygen atoms in total. The predicted molar refractivity (Wildman–Crippen MR) is 78.1 cm³/mol. The number of hydrogen-bond acceptors (Lipinski definition) is 5. The number of anilines is 1. The van der Waals surface area contributed by atoms with Crippen molar-refractivity contribution in [2.45, 2.75) is 13.5 Å². The molecule has 0 amide bonds. The number of ether oxygens (including phenoxy) is 1. The molecule has 0 saturated heterocycles. The van der Waals surface area contributed by atoms with Crippen molar-refractivity contribution in [3.63, 3.8) is 0 Å². The molecule has 6 heteroatoms. The Morgan fingerprint density at radius 3 is 2.83 bits per heavy atom. The smallest absolute Gasteiger partial charge is 0.168 e. The van der Waals surface area contributed by atoms with E-state index in [0.29, 0.717) is 18.2 Å². The topological polar surface area (TPSA) is 73.1 Å². The lowest BCUT2D eigenvalue weighted by atomic mass is 10.3. The summed E-state index contributed by atoms with van der Waals surface area (Å²) < 4.78 is 6.73. The molecule has 0 fully saturated rings. The number of aromatic nitrogens is 2. The number of aryl methyl sites for hydroxylation is 1. The van der Waals surface area contributed by atoms with Crippen LogP contribution in [0.4, 0.5) is 5.82 Å². The molecule has 0 aliphatic carbocycles. The highest BCUT2D eigenvalue weighted by atomic mass is 127. The summed E-state index contributed by atoms with van der Waals surface area (Å²) in [5, 5.41) is 0. The molecule has 0 radical (unpaired) electrons. The summed E-state index contributed by atoms with van der Waals surface area (Å²) >= 11 is 2.23. The number of nitrogen functional groups attached to an aromatic ring is 1. The van der Waals surface area contributed by atoms with E-state index in [0.717, 1.165) is 15.0 Å². The Kier molecular flexibility index (Phi) is 4.32. The van der Waals surface area contributed by atoms with Gasteiger partial charge in [-0.1, -0.05) is 12.1 Å². The minimum Gasteiger partial charge on any atom is -0.485 e. The van der Waals surface area contributed by atoms with Crippen LogP contribution in [0.1, 0.15) is 11.5 Å². The van der Waals surface area contributed by atoms with Crippen molar-refractivity contribution in [2.24, 2.45) is 5.84 Å². The van der Waals surface area contributed by atoms with Crippen molar-refractivity contribution in [2.75, 3.05) is 5.43 Å². The Bertz CT molecular complexity index is 547. The summed E-state index contributed by atoms with van der Waals surface area (Å²) in [6.45, 7) is 2.20. The average molecular weight is 356 g/mol. The Hall–Kier alpha value is -1.41. The zero-order chi connectivity index (χ0) is 13.0. The van der Waals surface area contributed by atoms with Crippen LogP contribution in [0.15, 0.2) is 30.3 Å². The van der Waals surface area contributed by atoms with Gasteiger partial charge in [0.1, 0.15) is 18.2 Å². The Labute approximate surface area is 119 Å². The number of nitrogens with zero attached hydrogens (tertiary/aromatic N) is 2. The van der Waals surface area contributed by atoms with E-state index in [2.05, 4.69) is 38.0 Å². The van der Waals surface area contributed by atoms with E-state index >= 15 is 0 Å². The maximum Gasteiger partial charge on any atom is 0.168 e. The zero-order valence-corrected chi connectivity index (χ0v) is 12.0. The van der Waals surface area contributed by atoms with E-state index in [1.807, 2.05) is 31.2 Å². The molecule has 0 aliphatic heterocycles. The van der Waals surface area contributed by atoms with Gasteiger partial charge in [0.2, 0.25) is 0 Å². The third-order valence-electron chi connectivity index (χ3n) is 2.24. The fraction of sp³-hybridized carbons (Fsp3) is 0.167. The molecular weight excluding hydrogens is 343 g/mol. The number of para-hydroxylation sites is 1. The molecular formula is C12H13IN4O. The second-order valence-corrected chi connectivity index (χ2v) is 4.84. The van der Waals surface area contributed by atoms with Gasteiger partial charge in [0.05, 0.1) is 3.57 Å². The Morgan fingerprint density at radius 2 is 2.11 bits per heavy atom. The van der Waals surface area contributed by atoms with Crippen molar-refractivity contribution in [3.05, 3.63) is 45.4 Å². The second kappa shape index (κ2) is 5.96. The number of nitrogens with two attached hydrogens (primary N) is 1. The summed E-state index contributed by atoms with van der Waals surface area (Å²) in [5.41, 5.74) is 3.36. The number of hydrogen-bond donors (Lipinski definition) is 2. The molecule has 1 aromatic carbocycles. The van der Waals surface area contributed by atoms with E-state index in [1.165, 1.54) is 0 Å². The first-order valence-electron chi connectivity index (χ1n) is 5.37. The standard InChI is InChI=1S/C12H13IN4O/c1-8-6-11(17-14)16-12(15-8)7-18-10-5-3-2-4-9(10)13/h2-6H,7,14H2,1H3,(H,15,16,17). The van der Waals surface area contributed by atoms with Crippen molar-refractivity contribution >= 4 is 28.4 Å². The number of nitrogens with one attached hydrogen (secondary N) is 1. The third kappa shape index (κ3) is 3.30. The van der Waals surface area contributed by atoms with Crippen LogP contribution in [-0.4, -0.2) is 9.97 Å². The number of halogens is 1. The molecule has 2 rings (SSSR count). The van der Waals surface area contributed by atoms with Gasteiger partial charge in [0, 0.05) is 11.8 Å². The van der Waals surface area contributed by atoms with E-state index < -0.39 is 0 Å². The van der Waals surface area contributed by atoms with Gasteiger partial charge in [-0.2, -0.15) is 0 Å². The lowest BCUT2D eigenvalue weighted by molar-refractivity contribution is 0.293. The summed E-state index contributed by atoms with van der Waals surface area (Å²) in [5.74, 6) is 7.35. The predicted octanol–water partition coefficient (Wildman–Crippen LogP) is 2.25. The minimum atomic E-state index is 0.316. The van der Waals surface area contributed by atoms with E-state index in [9.17, 15) is 0 Å². The van der Waals surface area contributed by atoms with Crippen LogP contribution in [0.5, 0.6) is 5.75 Å². The molecule has 94 valence electrons. The van der Waals surface area contributed by atoms with Gasteiger partial charge in [-0.3, -0.25) is 0 Å². The summed E-state index contributed by atoms with van der Waals surface area (Å²) in [6, 6.07) is 9.57. The van der Waals surface area contributed by atoms with Crippen molar-refractivity contribution in [3.8, 4) is 5.75 Å². The van der Waals surface area contributed by atoms with E-state index in [4.69, 9.17) is 10.6 Å². The summed E-state index contributed by atoms with van der Waals surface area (Å²) in [4.78, 5) is 8.51. The molecule has 0 bridgehead atoms. The molecule has 0 saturated carbocycles. The lowest BCUT2D eigenvalue weighted by Gasteiger charge is -2.08. The number of hydrazine groups is 1. The maximum atomic E-state index is 5.68. The Morgan fingerprint density at radius 1 is 1.33 bits per heavy atom. The van der Waals surface area contributed by atoms with Gasteiger partial charge in [0.15, 0.2) is 5.82 Å². The monoisotopic (exact) mass is 356 g/mol.